The van der Waals surface area contributed by atoms with Crippen molar-refractivity contribution in [1.82, 2.24) is 15.0 Å². The van der Waals surface area contributed by atoms with Crippen molar-refractivity contribution in [3.63, 3.8) is 0 Å². The van der Waals surface area contributed by atoms with E-state index in [4.69, 9.17) is 4.52 Å². The summed E-state index contributed by atoms with van der Waals surface area (Å²) < 4.78 is 46.1. The lowest BCUT2D eigenvalue weighted by Crippen LogP contribution is -2.43. The highest BCUT2D eigenvalue weighted by atomic mass is 19.1. The van der Waals surface area contributed by atoms with Crippen molar-refractivity contribution in [1.29, 1.82) is 0 Å². The van der Waals surface area contributed by atoms with Crippen molar-refractivity contribution in [2.75, 3.05) is 24.5 Å². The second-order valence-electron chi connectivity index (χ2n) is 8.62. The number of aromatic nitrogens is 2. The largest absolute Gasteiger partial charge is 0.342 e. The number of likely N-dealkylation sites (tertiary alicyclic amines) is 1. The molecule has 2 unspecified atom stereocenters. The highest BCUT2D eigenvalue weighted by molar-refractivity contribution is 6.00. The molecule has 0 radical (unpaired) electrons. The summed E-state index contributed by atoms with van der Waals surface area (Å²) in [6.45, 7) is 0.939. The number of nitrogens with zero attached hydrogens (tertiary/aromatic N) is 4. The molecule has 3 aromatic rings. The van der Waals surface area contributed by atoms with E-state index in [1.54, 1.807) is 17.0 Å². The van der Waals surface area contributed by atoms with Crippen LogP contribution in [-0.2, 0) is 9.59 Å². The van der Waals surface area contributed by atoms with Gasteiger partial charge in [0.1, 0.15) is 17.5 Å². The van der Waals surface area contributed by atoms with Crippen LogP contribution < -0.4 is 4.90 Å². The molecule has 7 nitrogen and oxygen atoms in total. The number of rotatable bonds is 4. The molecule has 0 saturated carbocycles. The van der Waals surface area contributed by atoms with Gasteiger partial charge in [0.15, 0.2) is 0 Å². The van der Waals surface area contributed by atoms with Gasteiger partial charge in [0.25, 0.3) is 0 Å². The summed E-state index contributed by atoms with van der Waals surface area (Å²) in [5.74, 6) is -2.66. The van der Waals surface area contributed by atoms with Crippen LogP contribution in [0.5, 0.6) is 0 Å². The average molecular weight is 470 g/mol. The number of amides is 2. The summed E-state index contributed by atoms with van der Waals surface area (Å²) >= 11 is 0. The lowest BCUT2D eigenvalue weighted by Gasteiger charge is -2.32. The molecule has 2 aromatic carbocycles. The van der Waals surface area contributed by atoms with E-state index in [1.807, 2.05) is 0 Å². The molecule has 2 atom stereocenters. The van der Waals surface area contributed by atoms with E-state index >= 15 is 0 Å². The Hall–Kier alpha value is -3.69. The lowest BCUT2D eigenvalue weighted by molar-refractivity contribution is -0.137. The van der Waals surface area contributed by atoms with Crippen LogP contribution in [0.25, 0.3) is 11.4 Å². The minimum absolute atomic E-state index is 0.0254. The van der Waals surface area contributed by atoms with Crippen LogP contribution in [0, 0.1) is 23.4 Å². The van der Waals surface area contributed by atoms with E-state index in [2.05, 4.69) is 10.1 Å². The number of piperidine rings is 1. The number of anilines is 1. The van der Waals surface area contributed by atoms with E-state index < -0.39 is 23.4 Å². The van der Waals surface area contributed by atoms with Gasteiger partial charge in [-0.1, -0.05) is 17.3 Å². The van der Waals surface area contributed by atoms with Crippen LogP contribution >= 0.6 is 0 Å². The molecular weight excluding hydrogens is 449 g/mol. The normalized spacial score (nSPS) is 20.7. The Labute approximate surface area is 193 Å². The summed E-state index contributed by atoms with van der Waals surface area (Å²) in [5.41, 5.74) is 0.599. The highest BCUT2D eigenvalue weighted by Crippen LogP contribution is 2.31. The van der Waals surface area contributed by atoms with E-state index in [9.17, 15) is 22.8 Å². The third kappa shape index (κ3) is 4.40. The first-order valence-corrected chi connectivity index (χ1v) is 11.0. The van der Waals surface area contributed by atoms with E-state index in [0.717, 1.165) is 24.6 Å². The zero-order chi connectivity index (χ0) is 23.8. The fourth-order valence-corrected chi connectivity index (χ4v) is 4.60. The molecule has 2 aliphatic rings. The van der Waals surface area contributed by atoms with Crippen molar-refractivity contribution < 1.29 is 27.3 Å². The summed E-state index contributed by atoms with van der Waals surface area (Å²) in [7, 11) is 0. The van der Waals surface area contributed by atoms with Gasteiger partial charge in [-0.15, -0.1) is 0 Å². The first-order chi connectivity index (χ1) is 16.4. The van der Waals surface area contributed by atoms with Crippen LogP contribution in [0.4, 0.5) is 18.9 Å². The van der Waals surface area contributed by atoms with Crippen LogP contribution in [0.3, 0.4) is 0 Å². The van der Waals surface area contributed by atoms with Gasteiger partial charge in [-0.2, -0.15) is 4.98 Å². The maximum Gasteiger partial charge on any atom is 0.231 e. The number of hydrogen-bond donors (Lipinski definition) is 0. The van der Waals surface area contributed by atoms with Crippen LogP contribution in [0.2, 0.25) is 0 Å². The molecule has 2 aliphatic heterocycles. The van der Waals surface area contributed by atoms with E-state index in [-0.39, 0.29) is 42.2 Å². The van der Waals surface area contributed by atoms with Gasteiger partial charge >= 0.3 is 0 Å². The summed E-state index contributed by atoms with van der Waals surface area (Å²) in [4.78, 5) is 33.0. The molecule has 1 aromatic heterocycles. The number of carbonyl (C=O) groups is 2. The highest BCUT2D eigenvalue weighted by Gasteiger charge is 2.39. The first kappa shape index (κ1) is 22.1. The summed E-state index contributed by atoms with van der Waals surface area (Å²) in [6.07, 6.45) is 1.43. The molecule has 5 rings (SSSR count). The second-order valence-corrected chi connectivity index (χ2v) is 8.62. The average Bonchev–Trinajstić information content (AvgIpc) is 3.45. The van der Waals surface area contributed by atoms with Gasteiger partial charge in [-0.3, -0.25) is 9.59 Å². The van der Waals surface area contributed by atoms with Gasteiger partial charge in [-0.05, 0) is 37.1 Å². The molecule has 0 N–H and O–H groups in total. The van der Waals surface area contributed by atoms with Crippen LogP contribution in [-0.4, -0.2) is 46.5 Å². The van der Waals surface area contributed by atoms with Crippen molar-refractivity contribution in [2.45, 2.75) is 25.2 Å². The lowest BCUT2D eigenvalue weighted by atomic mass is 9.96. The van der Waals surface area contributed by atoms with Gasteiger partial charge < -0.3 is 14.3 Å². The predicted octanol–water partition coefficient (Wildman–Crippen LogP) is 3.91. The maximum absolute atomic E-state index is 13.6. The van der Waals surface area contributed by atoms with Crippen molar-refractivity contribution in [3.8, 4) is 11.4 Å². The maximum atomic E-state index is 13.6. The third-order valence-corrected chi connectivity index (χ3v) is 6.24. The molecule has 0 bridgehead atoms. The van der Waals surface area contributed by atoms with E-state index in [0.29, 0.717) is 31.0 Å². The summed E-state index contributed by atoms with van der Waals surface area (Å²) in [6, 6.07) is 8.78. The van der Waals surface area contributed by atoms with Gasteiger partial charge in [0.2, 0.25) is 23.5 Å². The Balaban J connectivity index is 1.27. The Bertz CT molecular complexity index is 1230. The Morgan fingerprint density at radius 2 is 1.82 bits per heavy atom. The minimum atomic E-state index is -0.784. The number of carbonyl (C=O) groups excluding carboxylic acids is 2. The Morgan fingerprint density at radius 1 is 1.03 bits per heavy atom. The molecule has 0 spiro atoms. The second kappa shape index (κ2) is 8.92. The molecule has 34 heavy (non-hydrogen) atoms. The van der Waals surface area contributed by atoms with Crippen LogP contribution in [0.15, 0.2) is 47.0 Å². The fraction of sp³-hybridized carbons (Fsp3) is 0.333. The Kier molecular flexibility index (Phi) is 5.80. The molecule has 176 valence electrons. The van der Waals surface area contributed by atoms with Crippen LogP contribution in [0.1, 0.15) is 31.1 Å². The first-order valence-electron chi connectivity index (χ1n) is 11.0. The predicted molar refractivity (Wildman–Crippen MR) is 115 cm³/mol. The topological polar surface area (TPSA) is 79.5 Å². The van der Waals surface area contributed by atoms with Crippen molar-refractivity contribution in [2.24, 2.45) is 5.92 Å². The molecule has 0 aliphatic carbocycles. The SMILES string of the molecule is O=C(C1CC(=O)N(c2cc(F)cc(F)c2)C1)N1CCCC(c2nc(-c3cccc(F)c3)no2)C1. The van der Waals surface area contributed by atoms with Crippen molar-refractivity contribution in [3.05, 3.63) is 65.8 Å². The monoisotopic (exact) mass is 470 g/mol. The standard InChI is InChI=1S/C24H21F3N4O3/c25-17-5-1-3-14(7-17)22-28-23(34-29-22)15-4-2-6-30(12-15)24(33)16-8-21(32)31(13-16)20-10-18(26)9-19(27)11-20/h1,3,5,7,9-11,15-16H,2,4,6,8,12-13H2. The third-order valence-electron chi connectivity index (χ3n) is 6.24. The molecule has 10 heteroatoms. The number of halogens is 3. The van der Waals surface area contributed by atoms with Crippen molar-refractivity contribution >= 4 is 17.5 Å². The number of benzene rings is 2. The smallest absolute Gasteiger partial charge is 0.231 e. The molecule has 2 amide bonds. The quantitative estimate of drug-likeness (QED) is 0.578. The zero-order valence-corrected chi connectivity index (χ0v) is 18.1. The molecule has 2 saturated heterocycles. The fourth-order valence-electron chi connectivity index (χ4n) is 4.60. The van der Waals surface area contributed by atoms with Gasteiger partial charge in [-0.25, -0.2) is 13.2 Å². The number of hydrogen-bond acceptors (Lipinski definition) is 5. The molecular formula is C24H21F3N4O3. The summed E-state index contributed by atoms with van der Waals surface area (Å²) in [5, 5.41) is 3.95. The molecule has 3 heterocycles. The van der Waals surface area contributed by atoms with Gasteiger partial charge in [0, 0.05) is 43.4 Å². The van der Waals surface area contributed by atoms with E-state index in [1.165, 1.54) is 17.0 Å². The molecule has 2 fully saturated rings. The zero-order valence-electron chi connectivity index (χ0n) is 18.1. The minimum Gasteiger partial charge on any atom is -0.342 e. The van der Waals surface area contributed by atoms with Gasteiger partial charge in [0.05, 0.1) is 11.8 Å². The Morgan fingerprint density at radius 3 is 2.59 bits per heavy atom.